The minimum absolute atomic E-state index is 0. The van der Waals surface area contributed by atoms with E-state index in [1.165, 1.54) is 16.5 Å². The Bertz CT molecular complexity index is 883. The monoisotopic (exact) mass is 538 g/mol. The lowest BCUT2D eigenvalue weighted by atomic mass is 10.1. The molecule has 3 heterocycles. The summed E-state index contributed by atoms with van der Waals surface area (Å²) in [4.78, 5) is 27.2. The van der Waals surface area contributed by atoms with Crippen LogP contribution >= 0.6 is 24.0 Å². The quantitative estimate of drug-likeness (QED) is 0.349. The maximum Gasteiger partial charge on any atom is 0.239 e. The number of H-pyrrole nitrogens is 1. The number of amides is 1. The lowest BCUT2D eigenvalue weighted by Gasteiger charge is -2.39. The van der Waals surface area contributed by atoms with Gasteiger partial charge in [-0.05, 0) is 37.8 Å². The highest BCUT2D eigenvalue weighted by Gasteiger charge is 2.30. The van der Waals surface area contributed by atoms with E-state index in [0.29, 0.717) is 5.91 Å². The number of carbonyl (C=O) groups excluding carboxylic acids is 1. The van der Waals surface area contributed by atoms with Crippen LogP contribution in [0.3, 0.4) is 0 Å². The van der Waals surface area contributed by atoms with Gasteiger partial charge in [-0.2, -0.15) is 0 Å². The summed E-state index contributed by atoms with van der Waals surface area (Å²) < 4.78 is 0. The molecule has 31 heavy (non-hydrogen) atoms. The molecule has 2 aromatic rings. The first-order chi connectivity index (χ1) is 14.7. The number of guanidine groups is 1. The van der Waals surface area contributed by atoms with Crippen LogP contribution in [-0.4, -0.2) is 90.5 Å². The van der Waals surface area contributed by atoms with Gasteiger partial charge in [-0.15, -0.1) is 24.0 Å². The van der Waals surface area contributed by atoms with Gasteiger partial charge in [0.2, 0.25) is 5.91 Å². The van der Waals surface area contributed by atoms with Crippen LogP contribution in [0.15, 0.2) is 35.5 Å². The van der Waals surface area contributed by atoms with Gasteiger partial charge in [0.1, 0.15) is 0 Å². The van der Waals surface area contributed by atoms with E-state index in [2.05, 4.69) is 62.5 Å². The average molecular weight is 538 g/mol. The Morgan fingerprint density at radius 1 is 1.10 bits per heavy atom. The summed E-state index contributed by atoms with van der Waals surface area (Å²) in [5.74, 6) is 1.25. The SMILES string of the molecule is CN=C(NCCc1c[nH]c2ccccc12)N1CCN(C(C)C(=O)N2CCCC2)CC1.I. The third-order valence-corrected chi connectivity index (χ3v) is 6.50. The van der Waals surface area contributed by atoms with Crippen molar-refractivity contribution < 1.29 is 4.79 Å². The maximum absolute atomic E-state index is 12.7. The number of nitrogens with one attached hydrogen (secondary N) is 2. The molecule has 7 nitrogen and oxygen atoms in total. The minimum atomic E-state index is -0.0258. The minimum Gasteiger partial charge on any atom is -0.361 e. The fourth-order valence-corrected chi connectivity index (χ4v) is 4.66. The summed E-state index contributed by atoms with van der Waals surface area (Å²) in [6, 6.07) is 8.39. The first-order valence-electron chi connectivity index (χ1n) is 11.2. The number of nitrogens with zero attached hydrogens (tertiary/aromatic N) is 4. The van der Waals surface area contributed by atoms with Crippen molar-refractivity contribution in [2.75, 3.05) is 52.9 Å². The predicted molar refractivity (Wildman–Crippen MR) is 137 cm³/mol. The fraction of sp³-hybridized carbons (Fsp3) is 0.565. The fourth-order valence-electron chi connectivity index (χ4n) is 4.66. The summed E-state index contributed by atoms with van der Waals surface area (Å²) in [5, 5.41) is 4.81. The van der Waals surface area contributed by atoms with Crippen molar-refractivity contribution in [1.82, 2.24) is 25.0 Å². The Kier molecular flexibility index (Phi) is 8.59. The van der Waals surface area contributed by atoms with E-state index in [0.717, 1.165) is 71.0 Å². The summed E-state index contributed by atoms with van der Waals surface area (Å²) in [6.45, 7) is 8.33. The molecule has 8 heteroatoms. The van der Waals surface area contributed by atoms with E-state index in [-0.39, 0.29) is 30.0 Å². The lowest BCUT2D eigenvalue weighted by Crippen LogP contribution is -2.57. The number of hydrogen-bond donors (Lipinski definition) is 2. The number of rotatable bonds is 5. The highest BCUT2D eigenvalue weighted by Crippen LogP contribution is 2.18. The lowest BCUT2D eigenvalue weighted by molar-refractivity contribution is -0.135. The van der Waals surface area contributed by atoms with Crippen molar-refractivity contribution in [1.29, 1.82) is 0 Å². The van der Waals surface area contributed by atoms with Gasteiger partial charge in [-0.25, -0.2) is 0 Å². The van der Waals surface area contributed by atoms with Crippen LogP contribution in [0.25, 0.3) is 10.9 Å². The third-order valence-electron chi connectivity index (χ3n) is 6.50. The molecule has 170 valence electrons. The second-order valence-corrected chi connectivity index (χ2v) is 8.31. The van der Waals surface area contributed by atoms with Gasteiger partial charge in [0.15, 0.2) is 5.96 Å². The number of aliphatic imine (C=N–C) groups is 1. The van der Waals surface area contributed by atoms with Crippen LogP contribution < -0.4 is 5.32 Å². The van der Waals surface area contributed by atoms with Gasteiger partial charge in [-0.3, -0.25) is 14.7 Å². The molecule has 2 fully saturated rings. The number of halogens is 1. The number of carbonyl (C=O) groups is 1. The van der Waals surface area contributed by atoms with E-state index in [4.69, 9.17) is 0 Å². The zero-order valence-corrected chi connectivity index (χ0v) is 21.0. The summed E-state index contributed by atoms with van der Waals surface area (Å²) in [7, 11) is 1.85. The predicted octanol–water partition coefficient (Wildman–Crippen LogP) is 2.53. The Morgan fingerprint density at radius 2 is 1.81 bits per heavy atom. The number of aromatic amines is 1. The van der Waals surface area contributed by atoms with Gasteiger partial charge in [0.05, 0.1) is 6.04 Å². The second-order valence-electron chi connectivity index (χ2n) is 8.31. The van der Waals surface area contributed by atoms with Crippen LogP contribution in [0.4, 0.5) is 0 Å². The zero-order chi connectivity index (χ0) is 20.9. The first-order valence-corrected chi connectivity index (χ1v) is 11.2. The molecule has 1 aromatic heterocycles. The summed E-state index contributed by atoms with van der Waals surface area (Å²) in [5.41, 5.74) is 2.51. The van der Waals surface area contributed by atoms with E-state index in [9.17, 15) is 4.79 Å². The Hall–Kier alpha value is -1.81. The van der Waals surface area contributed by atoms with Crippen LogP contribution in [0.1, 0.15) is 25.3 Å². The standard InChI is InChI=1S/C23H34N6O.HI/c1-18(22(30)28-11-5-6-12-28)27-13-15-29(16-14-27)23(24-2)25-10-9-19-17-26-21-8-4-3-7-20(19)21;/h3-4,7-8,17-18,26H,5-6,9-16H2,1-2H3,(H,24,25);1H. The van der Waals surface area contributed by atoms with Gasteiger partial charge in [0, 0.05) is 70.0 Å². The van der Waals surface area contributed by atoms with Gasteiger partial charge in [-0.1, -0.05) is 18.2 Å². The normalized spacial score (nSPS) is 18.8. The summed E-state index contributed by atoms with van der Waals surface area (Å²) >= 11 is 0. The van der Waals surface area contributed by atoms with E-state index in [1.54, 1.807) is 0 Å². The maximum atomic E-state index is 12.7. The molecule has 0 saturated carbocycles. The van der Waals surface area contributed by atoms with Crippen LogP contribution in [-0.2, 0) is 11.2 Å². The van der Waals surface area contributed by atoms with Crippen molar-refractivity contribution in [3.63, 3.8) is 0 Å². The van der Waals surface area contributed by atoms with Crippen molar-refractivity contribution in [3.8, 4) is 0 Å². The molecule has 4 rings (SSSR count). The molecule has 2 saturated heterocycles. The molecule has 0 bridgehead atoms. The van der Waals surface area contributed by atoms with Crippen LogP contribution in [0, 0.1) is 0 Å². The largest absolute Gasteiger partial charge is 0.361 e. The molecule has 0 spiro atoms. The number of para-hydroxylation sites is 1. The molecule has 0 radical (unpaired) electrons. The molecule has 1 aromatic carbocycles. The van der Waals surface area contributed by atoms with Crippen LogP contribution in [0.5, 0.6) is 0 Å². The van der Waals surface area contributed by atoms with Gasteiger partial charge >= 0.3 is 0 Å². The molecule has 2 aliphatic rings. The molecule has 1 unspecified atom stereocenters. The smallest absolute Gasteiger partial charge is 0.239 e. The number of fused-ring (bicyclic) bond motifs is 1. The Labute approximate surface area is 202 Å². The van der Waals surface area contributed by atoms with Crippen molar-refractivity contribution >= 4 is 46.7 Å². The van der Waals surface area contributed by atoms with Crippen molar-refractivity contribution in [2.45, 2.75) is 32.2 Å². The number of piperazine rings is 1. The van der Waals surface area contributed by atoms with E-state index in [1.807, 2.05) is 11.9 Å². The summed E-state index contributed by atoms with van der Waals surface area (Å²) in [6.07, 6.45) is 5.34. The highest BCUT2D eigenvalue weighted by molar-refractivity contribution is 14.0. The first kappa shape index (κ1) is 23.8. The third kappa shape index (κ3) is 5.52. The molecule has 0 aliphatic carbocycles. The van der Waals surface area contributed by atoms with Gasteiger partial charge < -0.3 is 20.1 Å². The van der Waals surface area contributed by atoms with Crippen molar-refractivity contribution in [3.05, 3.63) is 36.0 Å². The topological polar surface area (TPSA) is 67.0 Å². The molecule has 1 atom stereocenters. The number of benzene rings is 1. The zero-order valence-electron chi connectivity index (χ0n) is 18.6. The van der Waals surface area contributed by atoms with E-state index < -0.39 is 0 Å². The van der Waals surface area contributed by atoms with Crippen LogP contribution in [0.2, 0.25) is 0 Å². The number of hydrogen-bond acceptors (Lipinski definition) is 3. The Morgan fingerprint density at radius 3 is 2.52 bits per heavy atom. The van der Waals surface area contributed by atoms with Crippen molar-refractivity contribution in [2.24, 2.45) is 4.99 Å². The second kappa shape index (κ2) is 11.2. The molecule has 2 aliphatic heterocycles. The molecular weight excluding hydrogens is 503 g/mol. The van der Waals surface area contributed by atoms with Gasteiger partial charge in [0.25, 0.3) is 0 Å². The molecule has 1 amide bonds. The number of likely N-dealkylation sites (tertiary alicyclic amines) is 1. The van der Waals surface area contributed by atoms with E-state index >= 15 is 0 Å². The Balaban J connectivity index is 0.00000272. The highest BCUT2D eigenvalue weighted by atomic mass is 127. The number of aromatic nitrogens is 1. The molecular formula is C23H35IN6O. The average Bonchev–Trinajstić information content (AvgIpc) is 3.46. The molecule has 2 N–H and O–H groups in total.